The average Bonchev–Trinajstić information content (AvgIpc) is 2.74. The first-order valence-corrected chi connectivity index (χ1v) is 4.92. The SMILES string of the molecule is C1=COCCC1.O.OCC1CCCO1.[2HH]. The predicted molar refractivity (Wildman–Crippen MR) is 56.1 cm³/mol. The lowest BCUT2D eigenvalue weighted by Crippen LogP contribution is -2.09. The first-order chi connectivity index (χ1) is 6.43. The third-order valence-corrected chi connectivity index (χ3v) is 2.05. The minimum atomic E-state index is 0. The minimum absolute atomic E-state index is 0. The van der Waals surface area contributed by atoms with Crippen LogP contribution in [0, 0.1) is 0 Å². The van der Waals surface area contributed by atoms with Crippen LogP contribution in [0.2, 0.25) is 0 Å². The highest BCUT2D eigenvalue weighted by Gasteiger charge is 2.12. The average molecular weight is 207 g/mol. The minimum Gasteiger partial charge on any atom is -0.502 e. The molecule has 0 aromatic carbocycles. The Morgan fingerprint density at radius 1 is 1.36 bits per heavy atom. The van der Waals surface area contributed by atoms with Crippen LogP contribution in [0.1, 0.15) is 27.1 Å². The number of allylic oxidation sites excluding steroid dienone is 1. The molecule has 14 heavy (non-hydrogen) atoms. The molecule has 2 heterocycles. The first kappa shape index (κ1) is 13.4. The summed E-state index contributed by atoms with van der Waals surface area (Å²) < 4.78 is 9.94. The van der Waals surface area contributed by atoms with Gasteiger partial charge in [0.25, 0.3) is 0 Å². The van der Waals surface area contributed by atoms with Crippen molar-refractivity contribution in [3.8, 4) is 0 Å². The topological polar surface area (TPSA) is 70.2 Å². The number of hydrogen-bond donors (Lipinski definition) is 1. The highest BCUT2D eigenvalue weighted by atomic mass is 16.5. The van der Waals surface area contributed by atoms with E-state index in [1.165, 1.54) is 12.8 Å². The fourth-order valence-electron chi connectivity index (χ4n) is 1.28. The van der Waals surface area contributed by atoms with Crippen LogP contribution >= 0.6 is 0 Å². The van der Waals surface area contributed by atoms with Crippen molar-refractivity contribution in [2.45, 2.75) is 31.8 Å². The van der Waals surface area contributed by atoms with E-state index >= 15 is 0 Å². The smallest absolute Gasteiger partial charge is 0.0876 e. The van der Waals surface area contributed by atoms with Gasteiger partial charge in [0.2, 0.25) is 0 Å². The quantitative estimate of drug-likeness (QED) is 0.694. The van der Waals surface area contributed by atoms with Crippen LogP contribution in [-0.2, 0) is 9.47 Å². The second-order valence-corrected chi connectivity index (χ2v) is 3.20. The third-order valence-electron chi connectivity index (χ3n) is 2.05. The van der Waals surface area contributed by atoms with Gasteiger partial charge in [-0.25, -0.2) is 0 Å². The van der Waals surface area contributed by atoms with Crippen LogP contribution < -0.4 is 0 Å². The van der Waals surface area contributed by atoms with E-state index < -0.39 is 0 Å². The van der Waals surface area contributed by atoms with Gasteiger partial charge in [-0.1, -0.05) is 0 Å². The maximum atomic E-state index is 8.44. The van der Waals surface area contributed by atoms with Crippen molar-refractivity contribution in [3.63, 3.8) is 0 Å². The van der Waals surface area contributed by atoms with Gasteiger partial charge in [-0.15, -0.1) is 0 Å². The molecule has 0 aromatic heterocycles. The maximum Gasteiger partial charge on any atom is 0.0876 e. The Kier molecular flexibility index (Phi) is 8.62. The summed E-state index contributed by atoms with van der Waals surface area (Å²) >= 11 is 0. The monoisotopic (exact) mass is 207 g/mol. The lowest BCUT2D eigenvalue weighted by Gasteiger charge is -2.01. The van der Waals surface area contributed by atoms with Crippen molar-refractivity contribution < 1.29 is 21.5 Å². The van der Waals surface area contributed by atoms with Crippen LogP contribution in [0.4, 0.5) is 0 Å². The number of hydrogen-bond acceptors (Lipinski definition) is 3. The highest BCUT2D eigenvalue weighted by molar-refractivity contribution is 4.76. The van der Waals surface area contributed by atoms with Gasteiger partial charge in [-0.05, 0) is 31.8 Å². The van der Waals surface area contributed by atoms with Gasteiger partial charge in [-0.3, -0.25) is 0 Å². The van der Waals surface area contributed by atoms with E-state index in [1.807, 2.05) is 6.08 Å². The molecule has 0 saturated carbocycles. The van der Waals surface area contributed by atoms with Gasteiger partial charge >= 0.3 is 0 Å². The van der Waals surface area contributed by atoms with Crippen molar-refractivity contribution in [1.29, 1.82) is 0 Å². The predicted octanol–water partition coefficient (Wildman–Crippen LogP) is 0.889. The molecule has 1 atom stereocenters. The van der Waals surface area contributed by atoms with Gasteiger partial charge in [0.05, 0.1) is 25.6 Å². The number of aliphatic hydroxyl groups excluding tert-OH is 1. The molecule has 86 valence electrons. The van der Waals surface area contributed by atoms with Gasteiger partial charge in [0.15, 0.2) is 0 Å². The fourth-order valence-corrected chi connectivity index (χ4v) is 1.28. The molecule has 0 spiro atoms. The maximum absolute atomic E-state index is 8.44. The second-order valence-electron chi connectivity index (χ2n) is 3.20. The summed E-state index contributed by atoms with van der Waals surface area (Å²) in [7, 11) is 0. The molecule has 2 aliphatic rings. The lowest BCUT2D eigenvalue weighted by atomic mass is 10.2. The van der Waals surface area contributed by atoms with Crippen molar-refractivity contribution in [2.75, 3.05) is 19.8 Å². The van der Waals surface area contributed by atoms with Crippen molar-refractivity contribution in [1.82, 2.24) is 0 Å². The Labute approximate surface area is 86.3 Å². The number of ether oxygens (including phenoxy) is 2. The Morgan fingerprint density at radius 2 is 2.21 bits per heavy atom. The molecule has 1 unspecified atom stereocenters. The Balaban J connectivity index is 0. The van der Waals surface area contributed by atoms with Crippen LogP contribution in [-0.4, -0.2) is 36.5 Å². The molecule has 4 heteroatoms. The van der Waals surface area contributed by atoms with E-state index in [9.17, 15) is 0 Å². The van der Waals surface area contributed by atoms with E-state index in [-0.39, 0.29) is 19.6 Å². The lowest BCUT2D eigenvalue weighted by molar-refractivity contribution is 0.0591. The van der Waals surface area contributed by atoms with Crippen molar-refractivity contribution in [3.05, 3.63) is 12.3 Å². The fraction of sp³-hybridized carbons (Fsp3) is 0.800. The zero-order chi connectivity index (χ0) is 9.36. The van der Waals surface area contributed by atoms with E-state index in [0.717, 1.165) is 26.1 Å². The molecule has 2 rings (SSSR count). The van der Waals surface area contributed by atoms with Crippen molar-refractivity contribution in [2.24, 2.45) is 0 Å². The van der Waals surface area contributed by atoms with Gasteiger partial charge in [-0.2, -0.15) is 0 Å². The second kappa shape index (κ2) is 8.99. The summed E-state index contributed by atoms with van der Waals surface area (Å²) in [6.45, 7) is 1.95. The molecule has 3 N–H and O–H groups in total. The summed E-state index contributed by atoms with van der Waals surface area (Å²) in [5, 5.41) is 8.44. The third kappa shape index (κ3) is 5.96. The van der Waals surface area contributed by atoms with E-state index in [0.29, 0.717) is 0 Å². The summed E-state index contributed by atoms with van der Waals surface area (Å²) in [6, 6.07) is 0. The Morgan fingerprint density at radius 3 is 2.43 bits per heavy atom. The van der Waals surface area contributed by atoms with Crippen LogP contribution in [0.5, 0.6) is 0 Å². The first-order valence-electron chi connectivity index (χ1n) is 4.92. The normalized spacial score (nSPS) is 24.2. The summed E-state index contributed by atoms with van der Waals surface area (Å²) in [5.74, 6) is 0. The molecule has 0 amide bonds. The standard InChI is InChI=1S/C5H10O2.C5H8O.H2O.H2/c6-4-5-2-1-3-7-5;1-2-4-6-5-3-1;;/h5-6H,1-4H2;2,4H,1,3,5H2;1H2;1H/i;;;1+1. The molecule has 0 bridgehead atoms. The summed E-state index contributed by atoms with van der Waals surface area (Å²) in [4.78, 5) is 0. The van der Waals surface area contributed by atoms with Crippen LogP contribution in [0.15, 0.2) is 12.3 Å². The molecule has 0 aliphatic carbocycles. The van der Waals surface area contributed by atoms with E-state index in [4.69, 9.17) is 14.6 Å². The largest absolute Gasteiger partial charge is 0.502 e. The zero-order valence-electron chi connectivity index (χ0n) is 8.45. The zero-order valence-corrected chi connectivity index (χ0v) is 8.45. The highest BCUT2D eigenvalue weighted by Crippen LogP contribution is 2.09. The molecular weight excluding hydrogens is 184 g/mol. The Bertz CT molecular complexity index is 138. The number of rotatable bonds is 1. The van der Waals surface area contributed by atoms with E-state index in [2.05, 4.69) is 0 Å². The molecule has 0 aromatic rings. The summed E-state index contributed by atoms with van der Waals surface area (Å²) in [5.41, 5.74) is 0. The molecule has 4 nitrogen and oxygen atoms in total. The molecular formula is C10H22O4. The molecule has 2 aliphatic heterocycles. The van der Waals surface area contributed by atoms with Gasteiger partial charge in [0, 0.05) is 8.03 Å². The van der Waals surface area contributed by atoms with Crippen LogP contribution in [0.3, 0.4) is 0 Å². The van der Waals surface area contributed by atoms with Gasteiger partial charge in [0.1, 0.15) is 0 Å². The Hall–Kier alpha value is -0.580. The summed E-state index contributed by atoms with van der Waals surface area (Å²) in [6.07, 6.45) is 8.51. The van der Waals surface area contributed by atoms with E-state index in [1.54, 1.807) is 6.26 Å². The molecule has 1 fully saturated rings. The van der Waals surface area contributed by atoms with Gasteiger partial charge < -0.3 is 20.1 Å². The van der Waals surface area contributed by atoms with Crippen LogP contribution in [0.25, 0.3) is 0 Å². The number of aliphatic hydroxyl groups is 1. The molecule has 0 radical (unpaired) electrons. The van der Waals surface area contributed by atoms with Crippen molar-refractivity contribution >= 4 is 0 Å². The molecule has 1 saturated heterocycles.